The fourth-order valence-corrected chi connectivity index (χ4v) is 2.12. The van der Waals surface area contributed by atoms with Crippen LogP contribution in [0.2, 0.25) is 0 Å². The van der Waals surface area contributed by atoms with Gasteiger partial charge in [-0.3, -0.25) is 9.88 Å². The zero-order chi connectivity index (χ0) is 13.7. The highest BCUT2D eigenvalue weighted by Crippen LogP contribution is 2.18. The molecule has 0 saturated heterocycles. The van der Waals surface area contributed by atoms with Crippen molar-refractivity contribution in [2.75, 3.05) is 13.3 Å². The van der Waals surface area contributed by atoms with Gasteiger partial charge in [0.1, 0.15) is 0 Å². The van der Waals surface area contributed by atoms with Crippen molar-refractivity contribution in [1.82, 2.24) is 20.0 Å². The molecule has 5 nitrogen and oxygen atoms in total. The fourth-order valence-electron chi connectivity index (χ4n) is 1.74. The Morgan fingerprint density at radius 3 is 2.95 bits per heavy atom. The van der Waals surface area contributed by atoms with E-state index in [2.05, 4.69) is 26.9 Å². The van der Waals surface area contributed by atoms with Gasteiger partial charge < -0.3 is 4.52 Å². The summed E-state index contributed by atoms with van der Waals surface area (Å²) in [4.78, 5) is 10.9. The molecule has 0 unspecified atom stereocenters. The van der Waals surface area contributed by atoms with Crippen LogP contribution >= 0.6 is 11.8 Å². The maximum Gasteiger partial charge on any atom is 0.240 e. The Balaban J connectivity index is 1.98. The van der Waals surface area contributed by atoms with Crippen molar-refractivity contribution in [1.29, 1.82) is 0 Å². The summed E-state index contributed by atoms with van der Waals surface area (Å²) in [6.45, 7) is 2.74. The Labute approximate surface area is 117 Å². The minimum Gasteiger partial charge on any atom is -0.338 e. The van der Waals surface area contributed by atoms with Gasteiger partial charge in [0, 0.05) is 12.2 Å². The van der Waals surface area contributed by atoms with Gasteiger partial charge in [-0.15, -0.1) is 0 Å². The summed E-state index contributed by atoms with van der Waals surface area (Å²) in [5, 5.41) is 3.94. The average Bonchev–Trinajstić information content (AvgIpc) is 2.86. The van der Waals surface area contributed by atoms with Crippen LogP contribution in [0.1, 0.15) is 30.4 Å². The summed E-state index contributed by atoms with van der Waals surface area (Å²) in [7, 11) is 2.03. The van der Waals surface area contributed by atoms with E-state index in [1.165, 1.54) is 0 Å². The van der Waals surface area contributed by atoms with Crippen LogP contribution in [-0.2, 0) is 12.3 Å². The SMILES string of the molecule is CSCc1noc(CN(C)[C@@H](C)c2ccccn2)n1. The number of thioether (sulfide) groups is 1. The number of aromatic nitrogens is 3. The van der Waals surface area contributed by atoms with Gasteiger partial charge in [-0.2, -0.15) is 16.7 Å². The Kier molecular flexibility index (Phi) is 4.93. The van der Waals surface area contributed by atoms with Gasteiger partial charge in [0.15, 0.2) is 5.82 Å². The highest BCUT2D eigenvalue weighted by Gasteiger charge is 2.16. The molecular weight excluding hydrogens is 260 g/mol. The van der Waals surface area contributed by atoms with Crippen LogP contribution in [0.5, 0.6) is 0 Å². The lowest BCUT2D eigenvalue weighted by Gasteiger charge is -2.22. The third-order valence-electron chi connectivity index (χ3n) is 2.95. The zero-order valence-corrected chi connectivity index (χ0v) is 12.2. The highest BCUT2D eigenvalue weighted by molar-refractivity contribution is 7.97. The quantitative estimate of drug-likeness (QED) is 0.809. The van der Waals surface area contributed by atoms with Crippen LogP contribution in [0, 0.1) is 0 Å². The fraction of sp³-hybridized carbons (Fsp3) is 0.462. The lowest BCUT2D eigenvalue weighted by atomic mass is 10.2. The Morgan fingerprint density at radius 1 is 1.42 bits per heavy atom. The number of nitrogens with zero attached hydrogens (tertiary/aromatic N) is 4. The summed E-state index contributed by atoms with van der Waals surface area (Å²) >= 11 is 1.68. The van der Waals surface area contributed by atoms with Gasteiger partial charge in [-0.05, 0) is 32.4 Å². The lowest BCUT2D eigenvalue weighted by molar-refractivity contribution is 0.213. The molecule has 0 aliphatic heterocycles. The van der Waals surface area contributed by atoms with Crippen molar-refractivity contribution in [3.63, 3.8) is 0 Å². The Morgan fingerprint density at radius 2 is 2.26 bits per heavy atom. The van der Waals surface area contributed by atoms with E-state index in [-0.39, 0.29) is 6.04 Å². The van der Waals surface area contributed by atoms with E-state index in [0.717, 1.165) is 17.3 Å². The smallest absolute Gasteiger partial charge is 0.240 e. The zero-order valence-electron chi connectivity index (χ0n) is 11.4. The maximum atomic E-state index is 5.24. The molecule has 0 radical (unpaired) electrons. The van der Waals surface area contributed by atoms with Crippen LogP contribution in [0.25, 0.3) is 0 Å². The van der Waals surface area contributed by atoms with E-state index in [1.807, 2.05) is 37.7 Å². The third-order valence-corrected chi connectivity index (χ3v) is 3.49. The predicted molar refractivity (Wildman–Crippen MR) is 75.6 cm³/mol. The first-order chi connectivity index (χ1) is 9.20. The average molecular weight is 278 g/mol. The van der Waals surface area contributed by atoms with Crippen LogP contribution in [0.4, 0.5) is 0 Å². The standard InChI is InChI=1S/C13H18N4OS/c1-10(11-6-4-5-7-14-11)17(2)8-13-15-12(9-19-3)16-18-13/h4-7,10H,8-9H2,1-3H3/t10-/m0/s1. The van der Waals surface area contributed by atoms with Crippen molar-refractivity contribution < 1.29 is 4.52 Å². The molecule has 2 aromatic rings. The second-order valence-electron chi connectivity index (χ2n) is 4.38. The van der Waals surface area contributed by atoms with Crippen LogP contribution in [0.3, 0.4) is 0 Å². The maximum absolute atomic E-state index is 5.24. The summed E-state index contributed by atoms with van der Waals surface area (Å²) < 4.78 is 5.24. The van der Waals surface area contributed by atoms with Crippen LogP contribution < -0.4 is 0 Å². The van der Waals surface area contributed by atoms with Gasteiger partial charge in [-0.1, -0.05) is 11.2 Å². The van der Waals surface area contributed by atoms with E-state index in [4.69, 9.17) is 4.52 Å². The molecule has 0 spiro atoms. The molecule has 0 amide bonds. The second kappa shape index (κ2) is 6.68. The van der Waals surface area contributed by atoms with Crippen molar-refractivity contribution >= 4 is 11.8 Å². The molecule has 0 aliphatic carbocycles. The van der Waals surface area contributed by atoms with Crippen LogP contribution in [-0.4, -0.2) is 33.3 Å². The minimum absolute atomic E-state index is 0.206. The number of hydrogen-bond donors (Lipinski definition) is 0. The van der Waals surface area contributed by atoms with Crippen molar-refractivity contribution in [2.24, 2.45) is 0 Å². The molecule has 0 N–H and O–H groups in total. The molecule has 2 heterocycles. The summed E-state index contributed by atoms with van der Waals surface area (Å²) in [5.41, 5.74) is 1.04. The van der Waals surface area contributed by atoms with E-state index < -0.39 is 0 Å². The van der Waals surface area contributed by atoms with E-state index >= 15 is 0 Å². The van der Waals surface area contributed by atoms with E-state index in [1.54, 1.807) is 11.8 Å². The molecule has 19 heavy (non-hydrogen) atoms. The molecule has 0 bridgehead atoms. The third kappa shape index (κ3) is 3.78. The Bertz CT molecular complexity index is 502. The van der Waals surface area contributed by atoms with Crippen molar-refractivity contribution in [3.05, 3.63) is 41.8 Å². The highest BCUT2D eigenvalue weighted by atomic mass is 32.2. The first-order valence-corrected chi connectivity index (χ1v) is 7.51. The van der Waals surface area contributed by atoms with Gasteiger partial charge in [0.2, 0.25) is 5.89 Å². The number of rotatable bonds is 6. The van der Waals surface area contributed by atoms with E-state index in [0.29, 0.717) is 12.4 Å². The molecule has 102 valence electrons. The van der Waals surface area contributed by atoms with Crippen LogP contribution in [0.15, 0.2) is 28.9 Å². The van der Waals surface area contributed by atoms with Gasteiger partial charge in [0.05, 0.1) is 18.0 Å². The molecule has 2 rings (SSSR count). The summed E-state index contributed by atoms with van der Waals surface area (Å²) in [6.07, 6.45) is 3.83. The minimum atomic E-state index is 0.206. The molecule has 0 aliphatic rings. The molecule has 0 fully saturated rings. The monoisotopic (exact) mass is 278 g/mol. The second-order valence-corrected chi connectivity index (χ2v) is 5.25. The first-order valence-electron chi connectivity index (χ1n) is 6.12. The molecule has 0 saturated carbocycles. The summed E-state index contributed by atoms with van der Waals surface area (Å²) in [5.74, 6) is 2.18. The number of pyridine rings is 1. The Hall–Kier alpha value is -1.40. The van der Waals surface area contributed by atoms with E-state index in [9.17, 15) is 0 Å². The molecule has 2 aromatic heterocycles. The van der Waals surface area contributed by atoms with Gasteiger partial charge in [0.25, 0.3) is 0 Å². The topological polar surface area (TPSA) is 55.1 Å². The van der Waals surface area contributed by atoms with Gasteiger partial charge in [-0.25, -0.2) is 0 Å². The van der Waals surface area contributed by atoms with Crippen molar-refractivity contribution in [3.8, 4) is 0 Å². The molecule has 1 atom stereocenters. The largest absolute Gasteiger partial charge is 0.338 e. The lowest BCUT2D eigenvalue weighted by Crippen LogP contribution is -2.22. The van der Waals surface area contributed by atoms with Crippen molar-refractivity contribution in [2.45, 2.75) is 25.3 Å². The predicted octanol–water partition coefficient (Wildman–Crippen LogP) is 2.52. The molecule has 6 heteroatoms. The van der Waals surface area contributed by atoms with Gasteiger partial charge >= 0.3 is 0 Å². The number of hydrogen-bond acceptors (Lipinski definition) is 6. The molecule has 0 aromatic carbocycles. The molecular formula is C13H18N4OS. The normalized spacial score (nSPS) is 12.8. The summed E-state index contributed by atoms with van der Waals surface area (Å²) in [6, 6.07) is 6.14. The first kappa shape index (κ1) is 14.0.